The minimum Gasteiger partial charge on any atom is -0.351 e. The number of anilines is 1. The van der Waals surface area contributed by atoms with Gasteiger partial charge >= 0.3 is 0 Å². The van der Waals surface area contributed by atoms with Crippen LogP contribution in [0.15, 0.2) is 47.2 Å². The van der Waals surface area contributed by atoms with E-state index in [-0.39, 0.29) is 18.2 Å². The Bertz CT molecular complexity index is 538. The minimum absolute atomic E-state index is 0.114. The van der Waals surface area contributed by atoms with Crippen molar-refractivity contribution in [3.63, 3.8) is 0 Å². The lowest BCUT2D eigenvalue weighted by Crippen LogP contribution is -2.27. The van der Waals surface area contributed by atoms with E-state index in [1.165, 1.54) is 11.3 Å². The van der Waals surface area contributed by atoms with Gasteiger partial charge in [0.1, 0.15) is 0 Å². The van der Waals surface area contributed by atoms with Crippen molar-refractivity contribution < 1.29 is 9.59 Å². The molecular formula is C14H14N2O2S. The molecule has 0 fully saturated rings. The topological polar surface area (TPSA) is 58.2 Å². The van der Waals surface area contributed by atoms with Gasteiger partial charge in [0.25, 0.3) is 5.91 Å². The maximum absolute atomic E-state index is 11.6. The van der Waals surface area contributed by atoms with Crippen LogP contribution in [-0.2, 0) is 4.79 Å². The van der Waals surface area contributed by atoms with Crippen LogP contribution in [0.25, 0.3) is 0 Å². The third-order valence-electron chi connectivity index (χ3n) is 2.48. The standard InChI is InChI=1S/C14H14N2O2S/c17-13(16-12-4-2-1-3-5-12)6-8-15-14(18)11-7-9-19-10-11/h1-5,7,9-10H,6,8H2,(H,15,18)(H,16,17). The number of benzene rings is 1. The number of carbonyl (C=O) groups is 2. The first kappa shape index (κ1) is 13.3. The predicted molar refractivity (Wildman–Crippen MR) is 76.3 cm³/mol. The number of nitrogens with one attached hydrogen (secondary N) is 2. The number of rotatable bonds is 5. The summed E-state index contributed by atoms with van der Waals surface area (Å²) in [7, 11) is 0. The molecule has 0 atom stereocenters. The van der Waals surface area contributed by atoms with Crippen LogP contribution in [0.5, 0.6) is 0 Å². The van der Waals surface area contributed by atoms with Crippen LogP contribution >= 0.6 is 11.3 Å². The van der Waals surface area contributed by atoms with Crippen molar-refractivity contribution in [3.05, 3.63) is 52.7 Å². The Morgan fingerprint density at radius 1 is 1.11 bits per heavy atom. The Kier molecular flexibility index (Phi) is 4.69. The largest absolute Gasteiger partial charge is 0.351 e. The lowest BCUT2D eigenvalue weighted by Gasteiger charge is -2.05. The Morgan fingerprint density at radius 3 is 2.58 bits per heavy atom. The van der Waals surface area contributed by atoms with E-state index in [9.17, 15) is 9.59 Å². The summed E-state index contributed by atoms with van der Waals surface area (Å²) in [6.45, 7) is 0.327. The zero-order valence-corrected chi connectivity index (χ0v) is 11.1. The van der Waals surface area contributed by atoms with Gasteiger partial charge in [0.05, 0.1) is 0 Å². The first-order valence-corrected chi connectivity index (χ1v) is 6.85. The number of amides is 2. The fraction of sp³-hybridized carbons (Fsp3) is 0.143. The second kappa shape index (κ2) is 6.70. The van der Waals surface area contributed by atoms with Crippen molar-refractivity contribution in [1.29, 1.82) is 0 Å². The van der Waals surface area contributed by atoms with Gasteiger partial charge in [-0.1, -0.05) is 18.2 Å². The summed E-state index contributed by atoms with van der Waals surface area (Å²) in [5.74, 6) is -0.259. The molecule has 0 aliphatic rings. The highest BCUT2D eigenvalue weighted by atomic mass is 32.1. The highest BCUT2D eigenvalue weighted by Crippen LogP contribution is 2.06. The molecular weight excluding hydrogens is 260 g/mol. The van der Waals surface area contributed by atoms with Gasteiger partial charge in [-0.3, -0.25) is 9.59 Å². The third-order valence-corrected chi connectivity index (χ3v) is 3.16. The van der Waals surface area contributed by atoms with Gasteiger partial charge in [-0.15, -0.1) is 0 Å². The molecule has 0 saturated carbocycles. The van der Waals surface area contributed by atoms with Crippen LogP contribution in [0.1, 0.15) is 16.8 Å². The summed E-state index contributed by atoms with van der Waals surface area (Å²) >= 11 is 1.47. The number of hydrogen-bond acceptors (Lipinski definition) is 3. The molecule has 2 aromatic rings. The molecule has 2 amide bonds. The molecule has 4 nitrogen and oxygen atoms in total. The fourth-order valence-electron chi connectivity index (χ4n) is 1.53. The molecule has 0 spiro atoms. The fourth-order valence-corrected chi connectivity index (χ4v) is 2.17. The Balaban J connectivity index is 1.71. The van der Waals surface area contributed by atoms with Crippen LogP contribution in [0.4, 0.5) is 5.69 Å². The van der Waals surface area contributed by atoms with Crippen LogP contribution < -0.4 is 10.6 Å². The summed E-state index contributed by atoms with van der Waals surface area (Å²) in [5, 5.41) is 9.09. The van der Waals surface area contributed by atoms with Gasteiger partial charge in [0, 0.05) is 29.6 Å². The average molecular weight is 274 g/mol. The number of hydrogen-bond donors (Lipinski definition) is 2. The molecule has 2 rings (SSSR count). The molecule has 2 N–H and O–H groups in total. The second-order valence-corrected chi connectivity index (χ2v) is 4.71. The highest BCUT2D eigenvalue weighted by molar-refractivity contribution is 7.08. The summed E-state index contributed by atoms with van der Waals surface area (Å²) < 4.78 is 0. The molecule has 1 aromatic carbocycles. The van der Waals surface area contributed by atoms with E-state index in [1.54, 1.807) is 11.4 Å². The van der Waals surface area contributed by atoms with Gasteiger partial charge in [-0.25, -0.2) is 0 Å². The Morgan fingerprint density at radius 2 is 1.89 bits per heavy atom. The van der Waals surface area contributed by atoms with Crippen LogP contribution in [0.3, 0.4) is 0 Å². The van der Waals surface area contributed by atoms with Gasteiger partial charge in [0.15, 0.2) is 0 Å². The van der Waals surface area contributed by atoms with Gasteiger partial charge in [-0.2, -0.15) is 11.3 Å². The molecule has 1 aromatic heterocycles. The van der Waals surface area contributed by atoms with Crippen LogP contribution in [0, 0.1) is 0 Å². The van der Waals surface area contributed by atoms with Gasteiger partial charge < -0.3 is 10.6 Å². The third kappa shape index (κ3) is 4.22. The van der Waals surface area contributed by atoms with Crippen LogP contribution in [-0.4, -0.2) is 18.4 Å². The van der Waals surface area contributed by atoms with Crippen molar-refractivity contribution in [3.8, 4) is 0 Å². The molecule has 19 heavy (non-hydrogen) atoms. The monoisotopic (exact) mass is 274 g/mol. The van der Waals surface area contributed by atoms with E-state index < -0.39 is 0 Å². The lowest BCUT2D eigenvalue weighted by molar-refractivity contribution is -0.116. The zero-order chi connectivity index (χ0) is 13.5. The molecule has 0 unspecified atom stereocenters. The Hall–Kier alpha value is -2.14. The molecule has 0 saturated heterocycles. The first-order chi connectivity index (χ1) is 9.25. The summed E-state index contributed by atoms with van der Waals surface area (Å²) in [6, 6.07) is 11.0. The van der Waals surface area contributed by atoms with Crippen LogP contribution in [0.2, 0.25) is 0 Å². The van der Waals surface area contributed by atoms with E-state index in [4.69, 9.17) is 0 Å². The Labute approximate surface area is 115 Å². The van der Waals surface area contributed by atoms with E-state index in [0.717, 1.165) is 5.69 Å². The summed E-state index contributed by atoms with van der Waals surface area (Å²) in [4.78, 5) is 23.2. The minimum atomic E-state index is -0.145. The number of carbonyl (C=O) groups excluding carboxylic acids is 2. The van der Waals surface area contributed by atoms with E-state index in [0.29, 0.717) is 12.1 Å². The first-order valence-electron chi connectivity index (χ1n) is 5.91. The summed E-state index contributed by atoms with van der Waals surface area (Å²) in [6.07, 6.45) is 0.255. The maximum atomic E-state index is 11.6. The van der Waals surface area contributed by atoms with E-state index >= 15 is 0 Å². The molecule has 5 heteroatoms. The normalized spacial score (nSPS) is 9.89. The predicted octanol–water partition coefficient (Wildman–Crippen LogP) is 2.51. The highest BCUT2D eigenvalue weighted by Gasteiger charge is 2.06. The molecule has 0 aliphatic heterocycles. The number of thiophene rings is 1. The molecule has 0 radical (unpaired) electrons. The van der Waals surface area contributed by atoms with Crippen molar-refractivity contribution in [2.45, 2.75) is 6.42 Å². The quantitative estimate of drug-likeness (QED) is 0.880. The second-order valence-electron chi connectivity index (χ2n) is 3.93. The number of para-hydroxylation sites is 1. The zero-order valence-electron chi connectivity index (χ0n) is 10.3. The van der Waals surface area contributed by atoms with Crippen molar-refractivity contribution in [2.24, 2.45) is 0 Å². The summed E-state index contributed by atoms with van der Waals surface area (Å²) in [5.41, 5.74) is 1.39. The molecule has 0 aliphatic carbocycles. The smallest absolute Gasteiger partial charge is 0.252 e. The van der Waals surface area contributed by atoms with Crippen molar-refractivity contribution in [2.75, 3.05) is 11.9 Å². The maximum Gasteiger partial charge on any atom is 0.252 e. The SMILES string of the molecule is O=C(CCNC(=O)c1ccsc1)Nc1ccccc1. The van der Waals surface area contributed by atoms with Gasteiger partial charge in [0.2, 0.25) is 5.91 Å². The lowest BCUT2D eigenvalue weighted by atomic mass is 10.3. The molecule has 1 heterocycles. The van der Waals surface area contributed by atoms with Crippen molar-refractivity contribution in [1.82, 2.24) is 5.32 Å². The van der Waals surface area contributed by atoms with E-state index in [1.807, 2.05) is 35.7 Å². The molecule has 0 bridgehead atoms. The molecule has 98 valence electrons. The average Bonchev–Trinajstić information content (AvgIpc) is 2.93. The van der Waals surface area contributed by atoms with Gasteiger partial charge in [-0.05, 0) is 23.6 Å². The van der Waals surface area contributed by atoms with E-state index in [2.05, 4.69) is 10.6 Å². The van der Waals surface area contributed by atoms with Crippen molar-refractivity contribution >= 4 is 28.8 Å².